The third-order valence-corrected chi connectivity index (χ3v) is 5.99. The molecule has 1 aliphatic rings. The van der Waals surface area contributed by atoms with Gasteiger partial charge in [0.25, 0.3) is 0 Å². The van der Waals surface area contributed by atoms with Crippen LogP contribution < -0.4 is 4.74 Å². The number of aromatic nitrogens is 2. The number of methoxy groups -OCH3 is 1. The quantitative estimate of drug-likeness (QED) is 0.669. The summed E-state index contributed by atoms with van der Waals surface area (Å²) in [6.45, 7) is 13.2. The third kappa shape index (κ3) is 5.35. The fourth-order valence-corrected chi connectivity index (χ4v) is 4.24. The number of carbonyl (C=O) groups is 1. The van der Waals surface area contributed by atoms with Gasteiger partial charge in [-0.25, -0.2) is 0 Å². The molecule has 30 heavy (non-hydrogen) atoms. The molecule has 1 saturated heterocycles. The van der Waals surface area contributed by atoms with Gasteiger partial charge >= 0.3 is 0 Å². The van der Waals surface area contributed by atoms with Crippen LogP contribution in [-0.2, 0) is 24.3 Å². The smallest absolute Gasteiger partial charge is 0.227 e. The number of hydrogen-bond donors (Lipinski definition) is 0. The summed E-state index contributed by atoms with van der Waals surface area (Å²) in [6.07, 6.45) is 0.428. The first kappa shape index (κ1) is 22.6. The van der Waals surface area contributed by atoms with Crippen LogP contribution in [0.5, 0.6) is 5.75 Å². The molecule has 1 aliphatic heterocycles. The van der Waals surface area contributed by atoms with Crippen molar-refractivity contribution in [3.63, 3.8) is 0 Å². The molecule has 0 unspecified atom stereocenters. The van der Waals surface area contributed by atoms with Crippen LogP contribution in [0, 0.1) is 19.8 Å². The second-order valence-electron chi connectivity index (χ2n) is 8.52. The number of ether oxygens (including phenoxy) is 1. The van der Waals surface area contributed by atoms with Crippen LogP contribution >= 0.6 is 11.6 Å². The van der Waals surface area contributed by atoms with Crippen molar-refractivity contribution >= 4 is 17.5 Å². The normalized spacial score (nSPS) is 15.1. The highest BCUT2D eigenvalue weighted by Crippen LogP contribution is 2.24. The topological polar surface area (TPSA) is 50.6 Å². The van der Waals surface area contributed by atoms with Gasteiger partial charge in [0, 0.05) is 61.1 Å². The minimum Gasteiger partial charge on any atom is -0.496 e. The van der Waals surface area contributed by atoms with E-state index in [1.54, 1.807) is 7.11 Å². The van der Waals surface area contributed by atoms with Gasteiger partial charge in [-0.3, -0.25) is 14.4 Å². The fraction of sp³-hybridized carbons (Fsp3) is 0.565. The Bertz CT molecular complexity index is 886. The molecule has 1 aromatic carbocycles. The second-order valence-corrected chi connectivity index (χ2v) is 8.95. The number of carbonyl (C=O) groups excluding carboxylic acids is 1. The molecule has 7 heteroatoms. The van der Waals surface area contributed by atoms with Crippen LogP contribution in [0.15, 0.2) is 18.2 Å². The number of amides is 1. The lowest BCUT2D eigenvalue weighted by atomic mass is 10.1. The first-order valence-corrected chi connectivity index (χ1v) is 11.0. The summed E-state index contributed by atoms with van der Waals surface area (Å²) in [7, 11) is 1.68. The number of hydrogen-bond acceptors (Lipinski definition) is 4. The Balaban J connectivity index is 1.57. The first-order valence-electron chi connectivity index (χ1n) is 10.6. The van der Waals surface area contributed by atoms with Crippen molar-refractivity contribution in [1.29, 1.82) is 0 Å². The number of nitrogens with zero attached hydrogens (tertiary/aromatic N) is 4. The van der Waals surface area contributed by atoms with Gasteiger partial charge in [-0.15, -0.1) is 0 Å². The molecule has 6 nitrogen and oxygen atoms in total. The highest BCUT2D eigenvalue weighted by Gasteiger charge is 2.24. The lowest BCUT2D eigenvalue weighted by Gasteiger charge is -2.35. The van der Waals surface area contributed by atoms with E-state index in [1.807, 2.05) is 34.7 Å². The first-order chi connectivity index (χ1) is 14.3. The Morgan fingerprint density at radius 1 is 1.20 bits per heavy atom. The van der Waals surface area contributed by atoms with E-state index < -0.39 is 0 Å². The number of benzene rings is 1. The predicted octanol–water partition coefficient (Wildman–Crippen LogP) is 3.70. The van der Waals surface area contributed by atoms with Gasteiger partial charge in [0.1, 0.15) is 5.75 Å². The SMILES string of the molecule is COc1ccc(Cl)cc1CN1CCN(C(=O)Cc2c(C)nn(CC(C)C)c2C)CC1. The minimum atomic E-state index is 0.185. The molecule has 0 saturated carbocycles. The van der Waals surface area contributed by atoms with Gasteiger partial charge in [-0.1, -0.05) is 25.4 Å². The minimum absolute atomic E-state index is 0.185. The molecule has 0 spiro atoms. The molecule has 0 aliphatic carbocycles. The van der Waals surface area contributed by atoms with Gasteiger partial charge in [0.15, 0.2) is 0 Å². The maximum absolute atomic E-state index is 12.9. The van der Waals surface area contributed by atoms with Gasteiger partial charge in [0.2, 0.25) is 5.91 Å². The molecule has 2 aromatic rings. The molecule has 0 atom stereocenters. The lowest BCUT2D eigenvalue weighted by molar-refractivity contribution is -0.132. The summed E-state index contributed by atoms with van der Waals surface area (Å²) in [5, 5.41) is 5.36. The van der Waals surface area contributed by atoms with Crippen molar-refractivity contribution in [2.24, 2.45) is 5.92 Å². The van der Waals surface area contributed by atoms with Gasteiger partial charge < -0.3 is 9.64 Å². The summed E-state index contributed by atoms with van der Waals surface area (Å²) >= 11 is 6.15. The van der Waals surface area contributed by atoms with Crippen molar-refractivity contribution in [3.8, 4) is 5.75 Å². The molecule has 3 rings (SSSR count). The van der Waals surface area contributed by atoms with E-state index >= 15 is 0 Å². The molecule has 1 amide bonds. The molecular formula is C23H33ClN4O2. The maximum atomic E-state index is 12.9. The summed E-state index contributed by atoms with van der Waals surface area (Å²) in [6, 6.07) is 5.70. The summed E-state index contributed by atoms with van der Waals surface area (Å²) < 4.78 is 7.50. The number of rotatable bonds is 7. The van der Waals surface area contributed by atoms with Crippen molar-refractivity contribution < 1.29 is 9.53 Å². The molecule has 2 heterocycles. The molecule has 1 aromatic heterocycles. The average molecular weight is 433 g/mol. The summed E-state index contributed by atoms with van der Waals surface area (Å²) in [4.78, 5) is 17.3. The van der Waals surface area contributed by atoms with Crippen LogP contribution in [0.3, 0.4) is 0 Å². The van der Waals surface area contributed by atoms with E-state index in [4.69, 9.17) is 16.3 Å². The van der Waals surface area contributed by atoms with E-state index in [-0.39, 0.29) is 5.91 Å². The summed E-state index contributed by atoms with van der Waals surface area (Å²) in [5.41, 5.74) is 4.23. The van der Waals surface area contributed by atoms with Crippen molar-refractivity contribution in [3.05, 3.63) is 45.7 Å². The second kappa shape index (κ2) is 9.84. The van der Waals surface area contributed by atoms with Gasteiger partial charge in [0.05, 0.1) is 19.2 Å². The average Bonchev–Trinajstić information content (AvgIpc) is 2.95. The van der Waals surface area contributed by atoms with E-state index in [9.17, 15) is 4.79 Å². The summed E-state index contributed by atoms with van der Waals surface area (Å²) in [5.74, 6) is 1.56. The zero-order chi connectivity index (χ0) is 21.8. The van der Waals surface area contributed by atoms with E-state index in [0.29, 0.717) is 17.4 Å². The zero-order valence-corrected chi connectivity index (χ0v) is 19.5. The molecule has 0 bridgehead atoms. The van der Waals surface area contributed by atoms with Crippen molar-refractivity contribution in [2.45, 2.75) is 47.2 Å². The van der Waals surface area contributed by atoms with E-state index in [1.165, 1.54) is 0 Å². The molecule has 1 fully saturated rings. The van der Waals surface area contributed by atoms with Crippen LogP contribution in [-0.4, -0.2) is 58.8 Å². The lowest BCUT2D eigenvalue weighted by Crippen LogP contribution is -2.48. The Labute approximate surface area is 184 Å². The van der Waals surface area contributed by atoms with Crippen LogP contribution in [0.4, 0.5) is 0 Å². The monoisotopic (exact) mass is 432 g/mol. The zero-order valence-electron chi connectivity index (χ0n) is 18.7. The fourth-order valence-electron chi connectivity index (χ4n) is 4.04. The standard InChI is InChI=1S/C23H33ClN4O2/c1-16(2)14-28-18(4)21(17(3)25-28)13-23(29)27-10-8-26(9-11-27)15-19-12-20(24)6-7-22(19)30-5/h6-7,12,16H,8-11,13-15H2,1-5H3. The predicted molar refractivity (Wildman–Crippen MR) is 120 cm³/mol. The van der Waals surface area contributed by atoms with E-state index in [2.05, 4.69) is 30.8 Å². The highest BCUT2D eigenvalue weighted by molar-refractivity contribution is 6.30. The highest BCUT2D eigenvalue weighted by atomic mass is 35.5. The third-order valence-electron chi connectivity index (χ3n) is 5.76. The van der Waals surface area contributed by atoms with Crippen molar-refractivity contribution in [1.82, 2.24) is 19.6 Å². The number of piperazine rings is 1. The number of halogens is 1. The Morgan fingerprint density at radius 3 is 2.53 bits per heavy atom. The Morgan fingerprint density at radius 2 is 1.90 bits per heavy atom. The molecule has 0 radical (unpaired) electrons. The Hall–Kier alpha value is -2.05. The van der Waals surface area contributed by atoms with Crippen molar-refractivity contribution in [2.75, 3.05) is 33.3 Å². The Kier molecular flexibility index (Phi) is 7.42. The maximum Gasteiger partial charge on any atom is 0.227 e. The molecule has 0 N–H and O–H groups in total. The van der Waals surface area contributed by atoms with E-state index in [0.717, 1.165) is 67.5 Å². The van der Waals surface area contributed by atoms with Crippen LogP contribution in [0.25, 0.3) is 0 Å². The van der Waals surface area contributed by atoms with Crippen LogP contribution in [0.2, 0.25) is 5.02 Å². The largest absolute Gasteiger partial charge is 0.496 e. The molecular weight excluding hydrogens is 400 g/mol. The van der Waals surface area contributed by atoms with Crippen LogP contribution in [0.1, 0.15) is 36.4 Å². The number of aryl methyl sites for hydroxylation is 1. The van der Waals surface area contributed by atoms with Gasteiger partial charge in [-0.05, 0) is 38.0 Å². The molecule has 164 valence electrons. The van der Waals surface area contributed by atoms with Gasteiger partial charge in [-0.2, -0.15) is 5.10 Å².